The Morgan fingerprint density at radius 1 is 1.06 bits per heavy atom. The zero-order chi connectivity index (χ0) is 21.6. The fourth-order valence-electron chi connectivity index (χ4n) is 3.26. The van der Waals surface area contributed by atoms with E-state index in [1.54, 1.807) is 15.7 Å². The van der Waals surface area contributed by atoms with Crippen molar-refractivity contribution in [3.8, 4) is 0 Å². The van der Waals surface area contributed by atoms with E-state index in [0.29, 0.717) is 27.7 Å². The number of benzene rings is 2. The number of rotatable bonds is 9. The van der Waals surface area contributed by atoms with Crippen LogP contribution in [0.25, 0.3) is 9.65 Å². The molecule has 0 atom stereocenters. The second-order valence-corrected chi connectivity index (χ2v) is 10.4. The minimum atomic E-state index is -0.281. The van der Waals surface area contributed by atoms with Gasteiger partial charge in [0.1, 0.15) is 0 Å². The summed E-state index contributed by atoms with van der Waals surface area (Å²) in [5, 5.41) is 12.9. The van der Waals surface area contributed by atoms with Crippen LogP contribution in [-0.4, -0.2) is 34.4 Å². The van der Waals surface area contributed by atoms with Crippen molar-refractivity contribution in [2.24, 2.45) is 0 Å². The topological polar surface area (TPSA) is 76.9 Å². The van der Waals surface area contributed by atoms with Crippen LogP contribution in [0.1, 0.15) is 29.8 Å². The van der Waals surface area contributed by atoms with Crippen molar-refractivity contribution in [1.82, 2.24) is 13.8 Å². The van der Waals surface area contributed by atoms with Crippen molar-refractivity contribution in [2.45, 2.75) is 38.6 Å². The van der Waals surface area contributed by atoms with Crippen LogP contribution in [0.5, 0.6) is 0 Å². The molecule has 1 amide bonds. The zero-order valence-electron chi connectivity index (χ0n) is 16.7. The molecule has 4 rings (SSSR count). The number of aromatic nitrogens is 3. The molecule has 0 fully saturated rings. The Kier molecular flexibility index (Phi) is 7.06. The van der Waals surface area contributed by atoms with Gasteiger partial charge in [-0.1, -0.05) is 30.3 Å². The Balaban J connectivity index is 1.21. The average Bonchev–Trinajstić information content (AvgIpc) is 3.34. The molecule has 2 aromatic carbocycles. The SMILES string of the molecule is O=C(Cc1ccccc1)Nc1nnc(CCCCCn2[se]c3c(F)cccc3c2=O)s1. The summed E-state index contributed by atoms with van der Waals surface area (Å²) in [7, 11) is 0. The average molecular weight is 503 g/mol. The summed E-state index contributed by atoms with van der Waals surface area (Å²) in [5.41, 5.74) is 0.892. The number of anilines is 1. The molecule has 2 heterocycles. The number of aryl methyl sites for hydroxylation is 2. The number of halogens is 1. The molecule has 0 radical (unpaired) electrons. The number of hydrogen-bond acceptors (Lipinski definition) is 5. The number of carbonyl (C=O) groups excluding carboxylic acids is 1. The Morgan fingerprint density at radius 2 is 1.90 bits per heavy atom. The molecule has 160 valence electrons. The number of carbonyl (C=O) groups is 1. The molecule has 2 aromatic heterocycles. The maximum atomic E-state index is 13.9. The summed E-state index contributed by atoms with van der Waals surface area (Å²) in [6, 6.07) is 14.3. The van der Waals surface area contributed by atoms with Gasteiger partial charge in [0.2, 0.25) is 0 Å². The van der Waals surface area contributed by atoms with E-state index in [4.69, 9.17) is 0 Å². The van der Waals surface area contributed by atoms with Crippen molar-refractivity contribution < 1.29 is 9.18 Å². The molecular weight excluding hydrogens is 482 g/mol. The third kappa shape index (κ3) is 5.55. The molecule has 0 bridgehead atoms. The van der Waals surface area contributed by atoms with E-state index in [1.807, 2.05) is 30.3 Å². The predicted molar refractivity (Wildman–Crippen MR) is 121 cm³/mol. The van der Waals surface area contributed by atoms with Crippen molar-refractivity contribution in [3.63, 3.8) is 0 Å². The first-order valence-electron chi connectivity index (χ1n) is 10.0. The van der Waals surface area contributed by atoms with Crippen LogP contribution in [0.3, 0.4) is 0 Å². The zero-order valence-corrected chi connectivity index (χ0v) is 19.2. The maximum absolute atomic E-state index is 13.9. The second kappa shape index (κ2) is 10.1. The predicted octanol–water partition coefficient (Wildman–Crippen LogP) is 3.64. The van der Waals surface area contributed by atoms with Gasteiger partial charge in [-0.05, 0) is 5.56 Å². The molecule has 0 spiro atoms. The number of unbranched alkanes of at least 4 members (excludes halogenated alkanes) is 2. The summed E-state index contributed by atoms with van der Waals surface area (Å²) in [6.45, 7) is 0.643. The number of fused-ring (bicyclic) bond motifs is 1. The molecule has 0 saturated carbocycles. The van der Waals surface area contributed by atoms with E-state index in [-0.39, 0.29) is 32.0 Å². The van der Waals surface area contributed by atoms with Crippen LogP contribution in [-0.2, 0) is 24.2 Å². The summed E-state index contributed by atoms with van der Waals surface area (Å²) in [4.78, 5) is 24.5. The Labute approximate surface area is 188 Å². The molecule has 6 nitrogen and oxygen atoms in total. The monoisotopic (exact) mass is 504 g/mol. The first-order chi connectivity index (χ1) is 15.1. The van der Waals surface area contributed by atoms with Gasteiger partial charge in [-0.15, -0.1) is 0 Å². The quantitative estimate of drug-likeness (QED) is 0.280. The van der Waals surface area contributed by atoms with E-state index >= 15 is 0 Å². The van der Waals surface area contributed by atoms with Gasteiger partial charge in [-0.25, -0.2) is 0 Å². The van der Waals surface area contributed by atoms with E-state index in [0.717, 1.165) is 36.3 Å². The number of nitrogens with one attached hydrogen (secondary N) is 1. The van der Waals surface area contributed by atoms with Crippen LogP contribution in [0, 0.1) is 5.82 Å². The van der Waals surface area contributed by atoms with E-state index < -0.39 is 0 Å². The van der Waals surface area contributed by atoms with Crippen LogP contribution < -0.4 is 10.9 Å². The number of hydrogen-bond donors (Lipinski definition) is 1. The van der Waals surface area contributed by atoms with Gasteiger partial charge in [0.25, 0.3) is 0 Å². The molecule has 0 saturated heterocycles. The Bertz CT molecular complexity index is 1240. The van der Waals surface area contributed by atoms with Gasteiger partial charge in [0, 0.05) is 0 Å². The van der Waals surface area contributed by atoms with Crippen molar-refractivity contribution in [2.75, 3.05) is 5.32 Å². The van der Waals surface area contributed by atoms with Crippen molar-refractivity contribution in [1.29, 1.82) is 0 Å². The third-order valence-corrected chi connectivity index (χ3v) is 8.14. The van der Waals surface area contributed by atoms with E-state index in [9.17, 15) is 14.0 Å². The molecule has 0 unspecified atom stereocenters. The Morgan fingerprint density at radius 3 is 2.71 bits per heavy atom. The first-order valence-corrected chi connectivity index (χ1v) is 12.5. The van der Waals surface area contributed by atoms with Gasteiger partial charge in [0.15, 0.2) is 0 Å². The molecular formula is C22H21FN4O2SSe. The minimum absolute atomic E-state index is 0.0606. The second-order valence-electron chi connectivity index (χ2n) is 7.14. The van der Waals surface area contributed by atoms with Gasteiger partial charge in [-0.2, -0.15) is 0 Å². The normalized spacial score (nSPS) is 11.1. The fourth-order valence-corrected chi connectivity index (χ4v) is 6.22. The standard InChI is InChI=1S/C22H21FN4O2SSe/c23-17-11-7-10-16-20(17)31-27(21(16)29)13-6-2-5-12-19-25-26-22(30-19)24-18(28)14-15-8-3-1-4-9-15/h1,3-4,7-11H,2,5-6,12-14H2,(H,24,26,28). The van der Waals surface area contributed by atoms with Crippen molar-refractivity contribution >= 4 is 46.8 Å². The fraction of sp³-hybridized carbons (Fsp3) is 0.273. The molecule has 4 aromatic rings. The first kappa shape index (κ1) is 21.6. The third-order valence-electron chi connectivity index (χ3n) is 4.80. The summed E-state index contributed by atoms with van der Waals surface area (Å²) in [6.07, 6.45) is 3.81. The van der Waals surface area contributed by atoms with Crippen LogP contribution >= 0.6 is 11.3 Å². The van der Waals surface area contributed by atoms with Gasteiger partial charge in [-0.3, -0.25) is 0 Å². The molecule has 0 aliphatic heterocycles. The molecule has 0 aliphatic rings. The summed E-state index contributed by atoms with van der Waals surface area (Å²) >= 11 is 1.12. The van der Waals surface area contributed by atoms with E-state index in [1.165, 1.54) is 17.4 Å². The van der Waals surface area contributed by atoms with Gasteiger partial charge < -0.3 is 0 Å². The van der Waals surface area contributed by atoms with E-state index in [2.05, 4.69) is 15.5 Å². The molecule has 31 heavy (non-hydrogen) atoms. The van der Waals surface area contributed by atoms with Crippen LogP contribution in [0.4, 0.5) is 9.52 Å². The molecule has 1 N–H and O–H groups in total. The summed E-state index contributed by atoms with van der Waals surface area (Å²) in [5.74, 6) is -0.389. The molecule has 9 heteroatoms. The van der Waals surface area contributed by atoms with Crippen LogP contribution in [0.2, 0.25) is 0 Å². The van der Waals surface area contributed by atoms with Crippen molar-refractivity contribution in [3.05, 3.63) is 75.3 Å². The number of amides is 1. The Hall–Kier alpha value is -2.61. The molecule has 0 aliphatic carbocycles. The number of nitrogens with zero attached hydrogens (tertiary/aromatic N) is 3. The van der Waals surface area contributed by atoms with Gasteiger partial charge >= 0.3 is 153 Å². The van der Waals surface area contributed by atoms with Gasteiger partial charge in [0.05, 0.1) is 0 Å². The van der Waals surface area contributed by atoms with Crippen LogP contribution in [0.15, 0.2) is 53.3 Å². The summed E-state index contributed by atoms with van der Waals surface area (Å²) < 4.78 is 16.2.